The lowest BCUT2D eigenvalue weighted by Gasteiger charge is -2.35. The van der Waals surface area contributed by atoms with Gasteiger partial charge in [0.2, 0.25) is 17.7 Å². The predicted molar refractivity (Wildman–Crippen MR) is 139 cm³/mol. The number of rotatable bonds is 7. The van der Waals surface area contributed by atoms with Gasteiger partial charge in [-0.2, -0.15) is 0 Å². The first-order valence-corrected chi connectivity index (χ1v) is 13.7. The molecule has 0 bridgehead atoms. The fourth-order valence-electron chi connectivity index (χ4n) is 6.26. The molecule has 0 aromatic heterocycles. The number of hydrogen-bond donors (Lipinski definition) is 1. The van der Waals surface area contributed by atoms with Crippen LogP contribution in [0, 0.1) is 5.92 Å². The van der Waals surface area contributed by atoms with Gasteiger partial charge in [0.25, 0.3) is 5.91 Å². The van der Waals surface area contributed by atoms with Crippen molar-refractivity contribution in [2.75, 3.05) is 13.2 Å². The lowest BCUT2D eigenvalue weighted by Crippen LogP contribution is -2.52. The molecule has 4 amide bonds. The third-order valence-corrected chi connectivity index (χ3v) is 8.47. The molecule has 1 saturated carbocycles. The number of hydrogen-bond acceptors (Lipinski definition) is 5. The fraction of sp³-hybridized carbons (Fsp3) is 0.467. The number of fused-ring (bicyclic) bond motifs is 1. The highest BCUT2D eigenvalue weighted by Gasteiger charge is 2.42. The molecule has 4 aliphatic rings. The monoisotopic (exact) mass is 515 g/mol. The van der Waals surface area contributed by atoms with E-state index in [1.807, 2.05) is 17.0 Å². The molecule has 2 aromatic carbocycles. The summed E-state index contributed by atoms with van der Waals surface area (Å²) in [6.07, 6.45) is 5.26. The van der Waals surface area contributed by atoms with E-state index in [2.05, 4.69) is 29.6 Å². The van der Waals surface area contributed by atoms with E-state index in [-0.39, 0.29) is 30.2 Å². The number of nitrogens with zero attached hydrogens (tertiary/aromatic N) is 2. The van der Waals surface area contributed by atoms with Gasteiger partial charge < -0.3 is 14.5 Å². The Morgan fingerprint density at radius 3 is 2.68 bits per heavy atom. The second-order valence-electron chi connectivity index (χ2n) is 11.0. The van der Waals surface area contributed by atoms with Crippen molar-refractivity contribution in [1.82, 2.24) is 15.1 Å². The van der Waals surface area contributed by atoms with Crippen LogP contribution in [0.5, 0.6) is 5.75 Å². The van der Waals surface area contributed by atoms with E-state index in [9.17, 15) is 19.2 Å². The third-order valence-electron chi connectivity index (χ3n) is 8.47. The third kappa shape index (κ3) is 4.91. The Bertz CT molecular complexity index is 1260. The molecule has 3 heterocycles. The molecule has 0 spiro atoms. The second kappa shape index (κ2) is 10.2. The Morgan fingerprint density at radius 2 is 1.87 bits per heavy atom. The number of benzene rings is 2. The average molecular weight is 516 g/mol. The summed E-state index contributed by atoms with van der Waals surface area (Å²) < 4.78 is 6.17. The summed E-state index contributed by atoms with van der Waals surface area (Å²) in [5, 5.41) is 2.33. The van der Waals surface area contributed by atoms with E-state index in [0.717, 1.165) is 37.8 Å². The van der Waals surface area contributed by atoms with Crippen LogP contribution in [0.25, 0.3) is 0 Å². The number of piperidine rings is 2. The summed E-state index contributed by atoms with van der Waals surface area (Å²) >= 11 is 0. The number of likely N-dealkylation sites (tertiary alicyclic amines) is 1. The molecule has 8 heteroatoms. The number of ether oxygens (including phenoxy) is 1. The molecule has 1 N–H and O–H groups in total. The summed E-state index contributed by atoms with van der Waals surface area (Å²) in [5.74, 6) is 0.895. The number of amides is 4. The van der Waals surface area contributed by atoms with Crippen molar-refractivity contribution in [1.29, 1.82) is 0 Å². The minimum absolute atomic E-state index is 0.0417. The second-order valence-corrected chi connectivity index (χ2v) is 11.0. The van der Waals surface area contributed by atoms with Gasteiger partial charge in [0.05, 0.1) is 6.04 Å². The van der Waals surface area contributed by atoms with Crippen LogP contribution in [-0.2, 0) is 20.9 Å². The predicted octanol–water partition coefficient (Wildman–Crippen LogP) is 3.40. The standard InChI is InChI=1S/C30H33N3O5/c34-27-12-11-26(29(36)31-27)33-17-21-14-23(9-10-24(21)30(33)37)38-18-22-8-4-5-13-32(22)28(35)16-20-15-25(20)19-6-2-1-3-7-19/h1-3,6-7,9-10,14,20,22,25-26H,4-5,8,11-13,15-18H2,(H,31,34,36)/t20-,22-,25+,26?/m0/s1. The van der Waals surface area contributed by atoms with Crippen LogP contribution in [0.15, 0.2) is 48.5 Å². The number of carbonyl (C=O) groups is 4. The normalized spacial score (nSPS) is 26.7. The lowest BCUT2D eigenvalue weighted by atomic mass is 10.0. The first-order valence-electron chi connectivity index (χ1n) is 13.7. The lowest BCUT2D eigenvalue weighted by molar-refractivity contribution is -0.137. The summed E-state index contributed by atoms with van der Waals surface area (Å²) in [5.41, 5.74) is 2.71. The van der Waals surface area contributed by atoms with E-state index >= 15 is 0 Å². The number of nitrogens with one attached hydrogen (secondary N) is 1. The molecular formula is C30H33N3O5. The van der Waals surface area contributed by atoms with Gasteiger partial charge >= 0.3 is 0 Å². The van der Waals surface area contributed by atoms with Gasteiger partial charge in [-0.1, -0.05) is 30.3 Å². The highest BCUT2D eigenvalue weighted by atomic mass is 16.5. The average Bonchev–Trinajstić information content (AvgIpc) is 3.62. The largest absolute Gasteiger partial charge is 0.491 e. The molecule has 1 unspecified atom stereocenters. The first kappa shape index (κ1) is 24.6. The zero-order chi connectivity index (χ0) is 26.2. The molecule has 3 aliphatic heterocycles. The van der Waals surface area contributed by atoms with E-state index in [1.54, 1.807) is 17.0 Å². The Labute approximate surface area is 222 Å². The number of carbonyl (C=O) groups excluding carboxylic acids is 4. The van der Waals surface area contributed by atoms with Crippen LogP contribution in [0.1, 0.15) is 72.3 Å². The van der Waals surface area contributed by atoms with E-state index in [4.69, 9.17) is 4.74 Å². The van der Waals surface area contributed by atoms with Crippen LogP contribution < -0.4 is 10.1 Å². The van der Waals surface area contributed by atoms with Gasteiger partial charge in [0.1, 0.15) is 18.4 Å². The van der Waals surface area contributed by atoms with Gasteiger partial charge in [0, 0.05) is 31.5 Å². The van der Waals surface area contributed by atoms with Crippen molar-refractivity contribution in [2.24, 2.45) is 5.92 Å². The summed E-state index contributed by atoms with van der Waals surface area (Å²) in [4.78, 5) is 53.5. The van der Waals surface area contributed by atoms with Gasteiger partial charge in [-0.25, -0.2) is 0 Å². The maximum atomic E-state index is 13.2. The Balaban J connectivity index is 1.06. The molecule has 8 nitrogen and oxygen atoms in total. The quantitative estimate of drug-likeness (QED) is 0.571. The smallest absolute Gasteiger partial charge is 0.255 e. The van der Waals surface area contributed by atoms with Crippen LogP contribution in [0.4, 0.5) is 0 Å². The molecule has 6 rings (SSSR count). The highest BCUT2D eigenvalue weighted by molar-refractivity contribution is 6.05. The molecule has 4 atom stereocenters. The van der Waals surface area contributed by atoms with Crippen molar-refractivity contribution in [3.63, 3.8) is 0 Å². The van der Waals surface area contributed by atoms with Crippen LogP contribution in [-0.4, -0.2) is 58.7 Å². The first-order chi connectivity index (χ1) is 18.5. The van der Waals surface area contributed by atoms with E-state index in [1.165, 1.54) is 5.56 Å². The maximum Gasteiger partial charge on any atom is 0.255 e. The molecule has 3 fully saturated rings. The number of imide groups is 1. The zero-order valence-corrected chi connectivity index (χ0v) is 21.4. The van der Waals surface area contributed by atoms with Crippen molar-refractivity contribution < 1.29 is 23.9 Å². The fourth-order valence-corrected chi connectivity index (χ4v) is 6.26. The topological polar surface area (TPSA) is 96.0 Å². The van der Waals surface area contributed by atoms with Crippen molar-refractivity contribution in [3.05, 3.63) is 65.2 Å². The van der Waals surface area contributed by atoms with Crippen molar-refractivity contribution in [3.8, 4) is 5.75 Å². The molecule has 1 aliphatic carbocycles. The van der Waals surface area contributed by atoms with Crippen LogP contribution in [0.3, 0.4) is 0 Å². The molecule has 198 valence electrons. The van der Waals surface area contributed by atoms with Gasteiger partial charge in [-0.3, -0.25) is 24.5 Å². The van der Waals surface area contributed by atoms with E-state index in [0.29, 0.717) is 49.1 Å². The zero-order valence-electron chi connectivity index (χ0n) is 21.4. The minimum atomic E-state index is -0.633. The van der Waals surface area contributed by atoms with Crippen LogP contribution in [0.2, 0.25) is 0 Å². The van der Waals surface area contributed by atoms with Crippen molar-refractivity contribution in [2.45, 2.75) is 69.5 Å². The molecule has 38 heavy (non-hydrogen) atoms. The summed E-state index contributed by atoms with van der Waals surface area (Å²) in [6.45, 7) is 1.51. The summed E-state index contributed by atoms with van der Waals surface area (Å²) in [7, 11) is 0. The molecule has 2 aromatic rings. The summed E-state index contributed by atoms with van der Waals surface area (Å²) in [6, 6.07) is 15.3. The van der Waals surface area contributed by atoms with Gasteiger partial charge in [-0.05, 0) is 73.3 Å². The van der Waals surface area contributed by atoms with Crippen molar-refractivity contribution >= 4 is 23.6 Å². The Morgan fingerprint density at radius 1 is 1.03 bits per heavy atom. The molecule has 0 radical (unpaired) electrons. The SMILES string of the molecule is O=C1CCC(N2Cc3cc(OC[C@@H]4CCCCN4C(=O)C[C@@H]4C[C@@H]4c4ccccc4)ccc3C2=O)C(=O)N1. The maximum absolute atomic E-state index is 13.2. The molecular weight excluding hydrogens is 482 g/mol. The minimum Gasteiger partial charge on any atom is -0.491 e. The van der Waals surface area contributed by atoms with E-state index < -0.39 is 11.9 Å². The Kier molecular flexibility index (Phi) is 6.64. The Hall–Kier alpha value is -3.68. The van der Waals surface area contributed by atoms with Gasteiger partial charge in [0.15, 0.2) is 0 Å². The van der Waals surface area contributed by atoms with Crippen LogP contribution >= 0.6 is 0 Å². The van der Waals surface area contributed by atoms with Gasteiger partial charge in [-0.15, -0.1) is 0 Å². The molecule has 2 saturated heterocycles. The highest BCUT2D eigenvalue weighted by Crippen LogP contribution is 2.49.